The van der Waals surface area contributed by atoms with Crippen LogP contribution in [0, 0.1) is 5.82 Å². The smallest absolute Gasteiger partial charge is 0.193 e. The molecule has 2 aliphatic heterocycles. The van der Waals surface area contributed by atoms with Crippen molar-refractivity contribution in [2.75, 3.05) is 58.4 Å². The van der Waals surface area contributed by atoms with Gasteiger partial charge in [-0.1, -0.05) is 12.1 Å². The van der Waals surface area contributed by atoms with Crippen molar-refractivity contribution in [3.05, 3.63) is 35.6 Å². The van der Waals surface area contributed by atoms with E-state index in [1.54, 1.807) is 19.2 Å². The van der Waals surface area contributed by atoms with Crippen molar-refractivity contribution in [2.45, 2.75) is 18.5 Å². The fourth-order valence-electron chi connectivity index (χ4n) is 3.75. The molecule has 2 fully saturated rings. The number of morpholine rings is 1. The lowest BCUT2D eigenvalue weighted by Gasteiger charge is -2.43. The first kappa shape index (κ1) is 19.5. The van der Waals surface area contributed by atoms with Gasteiger partial charge in [0.05, 0.1) is 13.2 Å². The Morgan fingerprint density at radius 3 is 2.88 bits per heavy atom. The summed E-state index contributed by atoms with van der Waals surface area (Å²) in [5, 5.41) is 3.57. The topological polar surface area (TPSA) is 40.1 Å². The van der Waals surface area contributed by atoms with E-state index in [4.69, 9.17) is 4.74 Å². The van der Waals surface area contributed by atoms with Crippen LogP contribution in [0.3, 0.4) is 0 Å². The SMILES string of the molecule is CN=C(NCC1(N2CCOCC2)CCSC1)N(C)Cc1cccc(F)c1. The standard InChI is InChI=1S/C19H29FN4OS/c1-21-18(23(2)13-16-4-3-5-17(20)12-16)22-14-19(6-11-26-15-19)24-7-9-25-10-8-24/h3-5,12H,6-11,13-15H2,1-2H3,(H,21,22). The molecule has 0 bridgehead atoms. The van der Waals surface area contributed by atoms with E-state index in [1.807, 2.05) is 29.8 Å². The number of nitrogens with zero attached hydrogens (tertiary/aromatic N) is 3. The van der Waals surface area contributed by atoms with E-state index >= 15 is 0 Å². The molecule has 26 heavy (non-hydrogen) atoms. The van der Waals surface area contributed by atoms with E-state index in [2.05, 4.69) is 15.2 Å². The minimum atomic E-state index is -0.201. The Kier molecular flexibility index (Phi) is 6.78. The molecule has 0 aliphatic carbocycles. The molecule has 1 N–H and O–H groups in total. The fourth-order valence-corrected chi connectivity index (χ4v) is 5.22. The minimum absolute atomic E-state index is 0.171. The van der Waals surface area contributed by atoms with Gasteiger partial charge < -0.3 is 15.0 Å². The Morgan fingerprint density at radius 1 is 1.42 bits per heavy atom. The van der Waals surface area contributed by atoms with Crippen LogP contribution in [0.1, 0.15) is 12.0 Å². The molecule has 144 valence electrons. The average Bonchev–Trinajstić information content (AvgIpc) is 3.13. The molecule has 0 spiro atoms. The normalized spacial score (nSPS) is 24.7. The van der Waals surface area contributed by atoms with Crippen molar-refractivity contribution in [3.63, 3.8) is 0 Å². The van der Waals surface area contributed by atoms with Crippen molar-refractivity contribution < 1.29 is 9.13 Å². The largest absolute Gasteiger partial charge is 0.379 e. The third kappa shape index (κ3) is 4.69. The van der Waals surface area contributed by atoms with Gasteiger partial charge in [-0.05, 0) is 29.9 Å². The summed E-state index contributed by atoms with van der Waals surface area (Å²) in [6, 6.07) is 6.74. The van der Waals surface area contributed by atoms with Crippen LogP contribution in [-0.4, -0.2) is 79.7 Å². The predicted molar refractivity (Wildman–Crippen MR) is 106 cm³/mol. The Hall–Kier alpha value is -1.31. The van der Waals surface area contributed by atoms with Crippen LogP contribution in [0.2, 0.25) is 0 Å². The number of ether oxygens (including phenoxy) is 1. The molecule has 2 saturated heterocycles. The summed E-state index contributed by atoms with van der Waals surface area (Å²) in [6.45, 7) is 5.14. The zero-order valence-corrected chi connectivity index (χ0v) is 16.5. The Labute approximate surface area is 160 Å². The Morgan fingerprint density at radius 2 is 2.23 bits per heavy atom. The van der Waals surface area contributed by atoms with Gasteiger partial charge in [-0.25, -0.2) is 4.39 Å². The summed E-state index contributed by atoms with van der Waals surface area (Å²) in [5.74, 6) is 2.99. The predicted octanol–water partition coefficient (Wildman–Crippen LogP) is 2.04. The van der Waals surface area contributed by atoms with E-state index < -0.39 is 0 Å². The molecule has 0 aromatic heterocycles. The van der Waals surface area contributed by atoms with Gasteiger partial charge in [0.2, 0.25) is 0 Å². The number of thioether (sulfide) groups is 1. The van der Waals surface area contributed by atoms with Gasteiger partial charge >= 0.3 is 0 Å². The number of aliphatic imine (C=N–C) groups is 1. The minimum Gasteiger partial charge on any atom is -0.379 e. The molecule has 7 heteroatoms. The first-order valence-corrected chi connectivity index (χ1v) is 10.4. The van der Waals surface area contributed by atoms with E-state index in [0.29, 0.717) is 6.54 Å². The van der Waals surface area contributed by atoms with Crippen LogP contribution in [-0.2, 0) is 11.3 Å². The molecule has 0 radical (unpaired) electrons. The van der Waals surface area contributed by atoms with Crippen molar-refractivity contribution in [1.82, 2.24) is 15.1 Å². The highest BCUT2D eigenvalue weighted by atomic mass is 32.2. The first-order valence-electron chi connectivity index (χ1n) is 9.20. The molecule has 5 nitrogen and oxygen atoms in total. The highest BCUT2D eigenvalue weighted by Crippen LogP contribution is 2.33. The average molecular weight is 381 g/mol. The number of hydrogen-bond acceptors (Lipinski definition) is 4. The summed E-state index contributed by atoms with van der Waals surface area (Å²) in [7, 11) is 3.79. The van der Waals surface area contributed by atoms with Crippen LogP contribution >= 0.6 is 11.8 Å². The zero-order valence-electron chi connectivity index (χ0n) is 15.7. The van der Waals surface area contributed by atoms with Gasteiger partial charge in [0.1, 0.15) is 5.82 Å². The van der Waals surface area contributed by atoms with Gasteiger partial charge in [0.25, 0.3) is 0 Å². The lowest BCUT2D eigenvalue weighted by molar-refractivity contribution is -0.0121. The first-order chi connectivity index (χ1) is 12.6. The van der Waals surface area contributed by atoms with E-state index in [9.17, 15) is 4.39 Å². The molecule has 1 aromatic carbocycles. The second-order valence-corrected chi connectivity index (χ2v) is 8.12. The Bertz CT molecular complexity index is 615. The maximum atomic E-state index is 13.4. The number of nitrogens with one attached hydrogen (secondary N) is 1. The zero-order chi connectivity index (χ0) is 18.4. The second-order valence-electron chi connectivity index (χ2n) is 7.01. The van der Waals surface area contributed by atoms with E-state index in [1.165, 1.54) is 18.2 Å². The second kappa shape index (κ2) is 9.06. The molecule has 2 aliphatic rings. The van der Waals surface area contributed by atoms with E-state index in [0.717, 1.165) is 50.1 Å². The van der Waals surface area contributed by atoms with Crippen molar-refractivity contribution >= 4 is 17.7 Å². The summed E-state index contributed by atoms with van der Waals surface area (Å²) in [4.78, 5) is 9.06. The lowest BCUT2D eigenvalue weighted by Crippen LogP contribution is -2.60. The Balaban J connectivity index is 1.61. The van der Waals surface area contributed by atoms with Crippen LogP contribution in [0.25, 0.3) is 0 Å². The number of hydrogen-bond donors (Lipinski definition) is 1. The van der Waals surface area contributed by atoms with Crippen LogP contribution in [0.15, 0.2) is 29.3 Å². The van der Waals surface area contributed by atoms with Gasteiger partial charge in [0.15, 0.2) is 5.96 Å². The number of halogens is 1. The molecular weight excluding hydrogens is 351 g/mol. The van der Waals surface area contributed by atoms with Crippen LogP contribution in [0.4, 0.5) is 4.39 Å². The van der Waals surface area contributed by atoms with Gasteiger partial charge in [-0.15, -0.1) is 0 Å². The van der Waals surface area contributed by atoms with Crippen molar-refractivity contribution in [2.24, 2.45) is 4.99 Å². The molecule has 1 aromatic rings. The van der Waals surface area contributed by atoms with Crippen LogP contribution in [0.5, 0.6) is 0 Å². The monoisotopic (exact) mass is 380 g/mol. The van der Waals surface area contributed by atoms with Crippen molar-refractivity contribution in [3.8, 4) is 0 Å². The highest BCUT2D eigenvalue weighted by molar-refractivity contribution is 7.99. The fraction of sp³-hybridized carbons (Fsp3) is 0.632. The summed E-state index contributed by atoms with van der Waals surface area (Å²) >= 11 is 2.03. The number of guanidine groups is 1. The third-order valence-corrected chi connectivity index (χ3v) is 6.46. The lowest BCUT2D eigenvalue weighted by atomic mass is 9.95. The molecule has 0 amide bonds. The number of benzene rings is 1. The van der Waals surface area contributed by atoms with Crippen LogP contribution < -0.4 is 5.32 Å². The molecule has 3 rings (SSSR count). The van der Waals surface area contributed by atoms with Gasteiger partial charge in [-0.3, -0.25) is 9.89 Å². The maximum Gasteiger partial charge on any atom is 0.193 e. The molecule has 0 saturated carbocycles. The highest BCUT2D eigenvalue weighted by Gasteiger charge is 2.40. The van der Waals surface area contributed by atoms with Gasteiger partial charge in [0, 0.05) is 51.6 Å². The quantitative estimate of drug-likeness (QED) is 0.625. The summed E-state index contributed by atoms with van der Waals surface area (Å²) in [5.41, 5.74) is 1.11. The maximum absolute atomic E-state index is 13.4. The van der Waals surface area contributed by atoms with E-state index in [-0.39, 0.29) is 11.4 Å². The molecular formula is C19H29FN4OS. The molecule has 1 atom stereocenters. The van der Waals surface area contributed by atoms with Gasteiger partial charge in [-0.2, -0.15) is 11.8 Å². The summed E-state index contributed by atoms with van der Waals surface area (Å²) in [6.07, 6.45) is 1.19. The van der Waals surface area contributed by atoms with Crippen molar-refractivity contribution in [1.29, 1.82) is 0 Å². The third-order valence-electron chi connectivity index (χ3n) is 5.22. The summed E-state index contributed by atoms with van der Waals surface area (Å²) < 4.78 is 19.0. The molecule has 2 heterocycles. The molecule has 1 unspecified atom stereocenters. The number of rotatable bonds is 5.